The number of hydrogen-bond acceptors (Lipinski definition) is 3. The molecule has 0 saturated carbocycles. The average Bonchev–Trinajstić information content (AvgIpc) is 2.80. The summed E-state index contributed by atoms with van der Waals surface area (Å²) in [6, 6.07) is 22.9. The highest BCUT2D eigenvalue weighted by molar-refractivity contribution is 6.32. The molecule has 0 bridgehead atoms. The standard InChI is InChI=1S/C26H27ClN2O3/c1-18-15-22(16-19(2)25(18)27)32-17-23(30)28-13-14-29-26(31)24(20-9-5-3-6-10-20)21-11-7-4-8-12-21/h3-12,15-16,24H,13-14,17H2,1-2H3,(H,28,30)(H,29,31). The van der Waals surface area contributed by atoms with E-state index in [-0.39, 0.29) is 18.4 Å². The number of rotatable bonds is 9. The molecule has 6 heteroatoms. The average molecular weight is 451 g/mol. The van der Waals surface area contributed by atoms with Crippen molar-refractivity contribution in [3.8, 4) is 5.75 Å². The van der Waals surface area contributed by atoms with Crippen molar-refractivity contribution in [3.63, 3.8) is 0 Å². The van der Waals surface area contributed by atoms with E-state index in [0.29, 0.717) is 23.9 Å². The molecule has 0 aromatic heterocycles. The van der Waals surface area contributed by atoms with Gasteiger partial charge >= 0.3 is 0 Å². The van der Waals surface area contributed by atoms with E-state index in [0.717, 1.165) is 22.3 Å². The molecule has 166 valence electrons. The van der Waals surface area contributed by atoms with Crippen LogP contribution in [0, 0.1) is 13.8 Å². The Kier molecular flexibility index (Phi) is 8.28. The number of carbonyl (C=O) groups is 2. The first kappa shape index (κ1) is 23.4. The topological polar surface area (TPSA) is 67.4 Å². The third-order valence-electron chi connectivity index (χ3n) is 5.05. The van der Waals surface area contributed by atoms with Crippen LogP contribution in [0.1, 0.15) is 28.2 Å². The lowest BCUT2D eigenvalue weighted by molar-refractivity contribution is -0.124. The van der Waals surface area contributed by atoms with Gasteiger partial charge in [-0.05, 0) is 48.2 Å². The minimum atomic E-state index is -0.409. The summed E-state index contributed by atoms with van der Waals surface area (Å²) in [7, 11) is 0. The van der Waals surface area contributed by atoms with Crippen molar-refractivity contribution in [1.29, 1.82) is 0 Å². The van der Waals surface area contributed by atoms with E-state index in [9.17, 15) is 9.59 Å². The molecule has 0 atom stereocenters. The minimum absolute atomic E-state index is 0.106. The third kappa shape index (κ3) is 6.34. The molecule has 0 aliphatic rings. The van der Waals surface area contributed by atoms with Gasteiger partial charge in [-0.1, -0.05) is 72.3 Å². The van der Waals surface area contributed by atoms with Crippen LogP contribution in [-0.2, 0) is 9.59 Å². The number of benzene rings is 3. The van der Waals surface area contributed by atoms with Gasteiger partial charge in [0.05, 0.1) is 5.92 Å². The zero-order chi connectivity index (χ0) is 22.9. The maximum atomic E-state index is 12.9. The predicted molar refractivity (Wildman–Crippen MR) is 127 cm³/mol. The second kappa shape index (κ2) is 11.3. The fourth-order valence-corrected chi connectivity index (χ4v) is 3.57. The van der Waals surface area contributed by atoms with Gasteiger partial charge in [-0.3, -0.25) is 9.59 Å². The van der Waals surface area contributed by atoms with Crippen LogP contribution in [0.4, 0.5) is 0 Å². The number of amides is 2. The highest BCUT2D eigenvalue weighted by Crippen LogP contribution is 2.26. The number of nitrogens with one attached hydrogen (secondary N) is 2. The Morgan fingerprint density at radius 3 is 1.88 bits per heavy atom. The quantitative estimate of drug-likeness (QED) is 0.475. The third-order valence-corrected chi connectivity index (χ3v) is 5.65. The van der Waals surface area contributed by atoms with Crippen molar-refractivity contribution in [2.24, 2.45) is 0 Å². The minimum Gasteiger partial charge on any atom is -0.484 e. The Balaban J connectivity index is 1.48. The largest absolute Gasteiger partial charge is 0.484 e. The summed E-state index contributed by atoms with van der Waals surface area (Å²) in [5.74, 6) is -0.179. The molecular weight excluding hydrogens is 424 g/mol. The van der Waals surface area contributed by atoms with E-state index in [2.05, 4.69) is 10.6 Å². The summed E-state index contributed by atoms with van der Waals surface area (Å²) in [6.45, 7) is 4.31. The monoisotopic (exact) mass is 450 g/mol. The Labute approximate surface area is 193 Å². The zero-order valence-electron chi connectivity index (χ0n) is 18.2. The Morgan fingerprint density at radius 1 is 0.844 bits per heavy atom. The lowest BCUT2D eigenvalue weighted by Gasteiger charge is -2.18. The van der Waals surface area contributed by atoms with Gasteiger partial charge in [0.15, 0.2) is 6.61 Å². The summed E-state index contributed by atoms with van der Waals surface area (Å²) in [5.41, 5.74) is 3.64. The molecule has 0 saturated heterocycles. The summed E-state index contributed by atoms with van der Waals surface area (Å²) in [5, 5.41) is 6.38. The molecular formula is C26H27ClN2O3. The van der Waals surface area contributed by atoms with E-state index in [1.54, 1.807) is 12.1 Å². The first-order chi connectivity index (χ1) is 15.5. The molecule has 0 spiro atoms. The molecule has 3 rings (SSSR count). The first-order valence-electron chi connectivity index (χ1n) is 10.5. The van der Waals surface area contributed by atoms with E-state index < -0.39 is 5.92 Å². The van der Waals surface area contributed by atoms with E-state index >= 15 is 0 Å². The molecule has 0 unspecified atom stereocenters. The molecule has 0 heterocycles. The second-order valence-corrected chi connectivity index (χ2v) is 7.93. The first-order valence-corrected chi connectivity index (χ1v) is 10.9. The van der Waals surface area contributed by atoms with E-state index in [1.165, 1.54) is 0 Å². The molecule has 3 aromatic rings. The van der Waals surface area contributed by atoms with Gasteiger partial charge in [0, 0.05) is 18.1 Å². The molecule has 2 amide bonds. The van der Waals surface area contributed by atoms with Gasteiger partial charge in [-0.25, -0.2) is 0 Å². The lowest BCUT2D eigenvalue weighted by atomic mass is 9.90. The number of carbonyl (C=O) groups excluding carboxylic acids is 2. The number of ether oxygens (including phenoxy) is 1. The van der Waals surface area contributed by atoms with Gasteiger partial charge < -0.3 is 15.4 Å². The number of aryl methyl sites for hydroxylation is 2. The van der Waals surface area contributed by atoms with Crippen LogP contribution in [0.15, 0.2) is 72.8 Å². The van der Waals surface area contributed by atoms with Crippen LogP contribution in [0.25, 0.3) is 0 Å². The van der Waals surface area contributed by atoms with Crippen molar-refractivity contribution < 1.29 is 14.3 Å². The van der Waals surface area contributed by atoms with Gasteiger partial charge in [-0.15, -0.1) is 0 Å². The van der Waals surface area contributed by atoms with Crippen LogP contribution >= 0.6 is 11.6 Å². The summed E-state index contributed by atoms with van der Waals surface area (Å²) >= 11 is 6.15. The van der Waals surface area contributed by atoms with E-state index in [4.69, 9.17) is 16.3 Å². The smallest absolute Gasteiger partial charge is 0.258 e. The molecule has 0 aliphatic carbocycles. The Bertz CT molecular complexity index is 993. The molecule has 0 radical (unpaired) electrons. The highest BCUT2D eigenvalue weighted by atomic mass is 35.5. The van der Waals surface area contributed by atoms with Crippen molar-refractivity contribution >= 4 is 23.4 Å². The van der Waals surface area contributed by atoms with Gasteiger partial charge in [-0.2, -0.15) is 0 Å². The molecule has 0 aliphatic heterocycles. The van der Waals surface area contributed by atoms with Crippen LogP contribution < -0.4 is 15.4 Å². The van der Waals surface area contributed by atoms with Crippen LogP contribution in [0.2, 0.25) is 5.02 Å². The summed E-state index contributed by atoms with van der Waals surface area (Å²) in [6.07, 6.45) is 0. The fourth-order valence-electron chi connectivity index (χ4n) is 3.47. The number of halogens is 1. The maximum Gasteiger partial charge on any atom is 0.258 e. The SMILES string of the molecule is Cc1cc(OCC(=O)NCCNC(=O)C(c2ccccc2)c2ccccc2)cc(C)c1Cl. The van der Waals surface area contributed by atoms with Crippen molar-refractivity contribution in [3.05, 3.63) is 100 Å². The van der Waals surface area contributed by atoms with Crippen molar-refractivity contribution in [2.75, 3.05) is 19.7 Å². The van der Waals surface area contributed by atoms with Crippen LogP contribution in [0.3, 0.4) is 0 Å². The van der Waals surface area contributed by atoms with Crippen molar-refractivity contribution in [2.45, 2.75) is 19.8 Å². The molecule has 0 fully saturated rings. The normalized spacial score (nSPS) is 10.6. The molecule has 3 aromatic carbocycles. The van der Waals surface area contributed by atoms with E-state index in [1.807, 2.05) is 74.5 Å². The lowest BCUT2D eigenvalue weighted by Crippen LogP contribution is -2.38. The van der Waals surface area contributed by atoms with Crippen LogP contribution in [-0.4, -0.2) is 31.5 Å². The molecule has 32 heavy (non-hydrogen) atoms. The molecule has 2 N–H and O–H groups in total. The van der Waals surface area contributed by atoms with Gasteiger partial charge in [0.1, 0.15) is 5.75 Å². The predicted octanol–water partition coefficient (Wildman–Crippen LogP) is 4.40. The highest BCUT2D eigenvalue weighted by Gasteiger charge is 2.22. The molecule has 5 nitrogen and oxygen atoms in total. The fraction of sp³-hybridized carbons (Fsp3) is 0.231. The van der Waals surface area contributed by atoms with Gasteiger partial charge in [0.2, 0.25) is 5.91 Å². The van der Waals surface area contributed by atoms with Gasteiger partial charge in [0.25, 0.3) is 5.91 Å². The summed E-state index contributed by atoms with van der Waals surface area (Å²) in [4.78, 5) is 25.0. The zero-order valence-corrected chi connectivity index (χ0v) is 19.0. The maximum absolute atomic E-state index is 12.9. The number of hydrogen-bond donors (Lipinski definition) is 2. The second-order valence-electron chi connectivity index (χ2n) is 7.56. The Hall–Kier alpha value is -3.31. The summed E-state index contributed by atoms with van der Waals surface area (Å²) < 4.78 is 5.56. The van der Waals surface area contributed by atoms with Crippen LogP contribution in [0.5, 0.6) is 5.75 Å². The van der Waals surface area contributed by atoms with Crippen molar-refractivity contribution in [1.82, 2.24) is 10.6 Å². The Morgan fingerprint density at radius 2 is 1.34 bits per heavy atom.